The van der Waals surface area contributed by atoms with Crippen LogP contribution in [0.25, 0.3) is 11.3 Å². The van der Waals surface area contributed by atoms with Crippen molar-refractivity contribution >= 4 is 5.97 Å². The van der Waals surface area contributed by atoms with E-state index >= 15 is 4.39 Å². The van der Waals surface area contributed by atoms with Gasteiger partial charge in [-0.1, -0.05) is 26.0 Å². The molecule has 0 radical (unpaired) electrons. The lowest BCUT2D eigenvalue weighted by Gasteiger charge is -2.34. The highest BCUT2D eigenvalue weighted by molar-refractivity contribution is 5.88. The van der Waals surface area contributed by atoms with E-state index in [1.54, 1.807) is 32.1 Å². The molecule has 1 N–H and O–H groups in total. The lowest BCUT2D eigenvalue weighted by Crippen LogP contribution is -2.28. The SMILES string of the molecule is CC=CC(F)(C=CC)COc1cc2c(cc1OC)-c1cc(=O)c(C(=O)O)cn1C(C(C)C)C2. The van der Waals surface area contributed by atoms with Crippen molar-refractivity contribution in [2.75, 3.05) is 13.7 Å². The van der Waals surface area contributed by atoms with Gasteiger partial charge in [0.15, 0.2) is 22.6 Å². The van der Waals surface area contributed by atoms with Crippen LogP contribution >= 0.6 is 0 Å². The molecular weight excluding hydrogens is 425 g/mol. The highest BCUT2D eigenvalue weighted by atomic mass is 19.1. The van der Waals surface area contributed by atoms with Gasteiger partial charge in [0.25, 0.3) is 0 Å². The molecule has 1 aliphatic heterocycles. The fourth-order valence-electron chi connectivity index (χ4n) is 4.26. The number of aromatic carboxylic acids is 1. The van der Waals surface area contributed by atoms with E-state index < -0.39 is 17.1 Å². The Morgan fingerprint density at radius 2 is 1.91 bits per heavy atom. The van der Waals surface area contributed by atoms with Gasteiger partial charge in [0.1, 0.15) is 12.2 Å². The number of alkyl halides is 1. The Balaban J connectivity index is 2.11. The molecule has 3 rings (SSSR count). The molecule has 2 aromatic rings. The number of aromatic nitrogens is 1. The Kier molecular flexibility index (Phi) is 7.10. The minimum Gasteiger partial charge on any atom is -0.493 e. The molecule has 1 unspecified atom stereocenters. The second-order valence-electron chi connectivity index (χ2n) is 8.54. The molecular formula is C26H30FNO5. The van der Waals surface area contributed by atoms with Crippen LogP contribution in [0.1, 0.15) is 49.7 Å². The Labute approximate surface area is 193 Å². The van der Waals surface area contributed by atoms with E-state index in [1.165, 1.54) is 31.5 Å². The van der Waals surface area contributed by atoms with Crippen LogP contribution in [0.5, 0.6) is 11.5 Å². The minimum atomic E-state index is -1.75. The van der Waals surface area contributed by atoms with Gasteiger partial charge >= 0.3 is 5.97 Å². The number of benzene rings is 1. The first-order valence-corrected chi connectivity index (χ1v) is 10.9. The zero-order chi connectivity index (χ0) is 24.3. The quantitative estimate of drug-likeness (QED) is 0.553. The van der Waals surface area contributed by atoms with Crippen LogP contribution in [-0.4, -0.2) is 35.0 Å². The van der Waals surface area contributed by atoms with E-state index in [0.717, 1.165) is 11.1 Å². The number of pyridine rings is 1. The summed E-state index contributed by atoms with van der Waals surface area (Å²) in [6, 6.07) is 4.90. The zero-order valence-corrected chi connectivity index (χ0v) is 19.6. The summed E-state index contributed by atoms with van der Waals surface area (Å²) in [6.45, 7) is 7.37. The van der Waals surface area contributed by atoms with Gasteiger partial charge in [-0.3, -0.25) is 4.79 Å². The lowest BCUT2D eigenvalue weighted by molar-refractivity contribution is 0.0694. The summed E-state index contributed by atoms with van der Waals surface area (Å²) in [7, 11) is 1.50. The summed E-state index contributed by atoms with van der Waals surface area (Å²) in [5.41, 5.74) is -0.252. The Bertz CT molecular complexity index is 1150. The smallest absolute Gasteiger partial charge is 0.341 e. The molecule has 0 saturated heterocycles. The topological polar surface area (TPSA) is 77.8 Å². The standard InChI is InChI=1S/C26H30FNO5/c1-6-8-26(27,9-7-2)15-33-24-11-17-10-20(16(3)4)28-14-19(25(30)31)22(29)13-21(28)18(17)12-23(24)32-5/h6-9,11-14,16,20H,10,15H2,1-5H3,(H,30,31). The third-order valence-corrected chi connectivity index (χ3v) is 5.87. The van der Waals surface area contributed by atoms with Gasteiger partial charge in [-0.2, -0.15) is 0 Å². The second-order valence-corrected chi connectivity index (χ2v) is 8.54. The number of halogens is 1. The number of methoxy groups -OCH3 is 1. The van der Waals surface area contributed by atoms with E-state index in [9.17, 15) is 14.7 Å². The molecule has 0 spiro atoms. The molecule has 0 amide bonds. The van der Waals surface area contributed by atoms with Gasteiger partial charge in [-0.15, -0.1) is 0 Å². The maximum Gasteiger partial charge on any atom is 0.341 e. The van der Waals surface area contributed by atoms with Gasteiger partial charge in [0, 0.05) is 23.9 Å². The maximum absolute atomic E-state index is 15.1. The van der Waals surface area contributed by atoms with Crippen molar-refractivity contribution in [1.29, 1.82) is 0 Å². The lowest BCUT2D eigenvalue weighted by atomic mass is 9.87. The van der Waals surface area contributed by atoms with E-state index in [4.69, 9.17) is 9.47 Å². The highest BCUT2D eigenvalue weighted by Gasteiger charge is 2.30. The average molecular weight is 456 g/mol. The summed E-state index contributed by atoms with van der Waals surface area (Å²) in [4.78, 5) is 24.0. The van der Waals surface area contributed by atoms with Crippen molar-refractivity contribution in [3.05, 3.63) is 70.1 Å². The van der Waals surface area contributed by atoms with E-state index in [0.29, 0.717) is 23.6 Å². The molecule has 0 saturated carbocycles. The first-order chi connectivity index (χ1) is 15.6. The number of carboxylic acid groups (broad SMARTS) is 1. The van der Waals surface area contributed by atoms with Gasteiger partial charge in [0.2, 0.25) is 0 Å². The summed E-state index contributed by atoms with van der Waals surface area (Å²) < 4.78 is 28.4. The Hall–Kier alpha value is -3.35. The van der Waals surface area contributed by atoms with E-state index in [1.807, 2.05) is 24.5 Å². The maximum atomic E-state index is 15.1. The molecule has 1 aromatic carbocycles. The van der Waals surface area contributed by atoms with Crippen molar-refractivity contribution < 1.29 is 23.8 Å². The van der Waals surface area contributed by atoms with Crippen molar-refractivity contribution in [1.82, 2.24) is 4.57 Å². The first kappa shape index (κ1) is 24.3. The molecule has 1 atom stereocenters. The predicted molar refractivity (Wildman–Crippen MR) is 126 cm³/mol. The monoisotopic (exact) mass is 455 g/mol. The number of ether oxygens (including phenoxy) is 2. The molecule has 1 aliphatic rings. The van der Waals surface area contributed by atoms with E-state index in [2.05, 4.69) is 0 Å². The summed E-state index contributed by atoms with van der Waals surface area (Å²) in [6.07, 6.45) is 8.19. The van der Waals surface area contributed by atoms with Gasteiger partial charge in [-0.25, -0.2) is 9.18 Å². The number of nitrogens with zero attached hydrogens (tertiary/aromatic N) is 1. The molecule has 33 heavy (non-hydrogen) atoms. The third-order valence-electron chi connectivity index (χ3n) is 5.87. The molecule has 0 fully saturated rings. The number of allylic oxidation sites excluding steroid dienone is 2. The normalized spacial score (nSPS) is 17.1. The number of carbonyl (C=O) groups is 1. The average Bonchev–Trinajstić information content (AvgIpc) is 2.76. The van der Waals surface area contributed by atoms with Crippen molar-refractivity contribution in [3.8, 4) is 22.8 Å². The number of fused-ring (bicyclic) bond motifs is 3. The zero-order valence-electron chi connectivity index (χ0n) is 19.6. The number of hydrogen-bond donors (Lipinski definition) is 1. The molecule has 176 valence electrons. The highest BCUT2D eigenvalue weighted by Crippen LogP contribution is 2.43. The second kappa shape index (κ2) is 9.65. The summed E-state index contributed by atoms with van der Waals surface area (Å²) in [5, 5.41) is 9.42. The predicted octanol–water partition coefficient (Wildman–Crippen LogP) is 5.21. The number of rotatable bonds is 8. The summed E-state index contributed by atoms with van der Waals surface area (Å²) in [5.74, 6) is -0.258. The van der Waals surface area contributed by atoms with Crippen LogP contribution in [0.3, 0.4) is 0 Å². The Morgan fingerprint density at radius 3 is 2.45 bits per heavy atom. The van der Waals surface area contributed by atoms with Gasteiger partial charge in [-0.05, 0) is 56.0 Å². The van der Waals surface area contributed by atoms with Crippen molar-refractivity contribution in [2.24, 2.45) is 5.92 Å². The fourth-order valence-corrected chi connectivity index (χ4v) is 4.26. The van der Waals surface area contributed by atoms with Crippen LogP contribution in [0.4, 0.5) is 4.39 Å². The van der Waals surface area contributed by atoms with Crippen molar-refractivity contribution in [2.45, 2.75) is 45.8 Å². The molecule has 0 bridgehead atoms. The molecule has 7 heteroatoms. The summed E-state index contributed by atoms with van der Waals surface area (Å²) >= 11 is 0. The molecule has 6 nitrogen and oxygen atoms in total. The fraction of sp³-hybridized carbons (Fsp3) is 0.385. The van der Waals surface area contributed by atoms with Crippen LogP contribution in [0.15, 0.2) is 53.5 Å². The molecule has 2 heterocycles. The first-order valence-electron chi connectivity index (χ1n) is 10.9. The molecule has 0 aliphatic carbocycles. The van der Waals surface area contributed by atoms with Crippen molar-refractivity contribution in [3.63, 3.8) is 0 Å². The Morgan fingerprint density at radius 1 is 1.24 bits per heavy atom. The van der Waals surface area contributed by atoms with Crippen LogP contribution in [0.2, 0.25) is 0 Å². The largest absolute Gasteiger partial charge is 0.493 e. The minimum absolute atomic E-state index is 0.0567. The van der Waals surface area contributed by atoms with Crippen LogP contribution < -0.4 is 14.9 Å². The van der Waals surface area contributed by atoms with Crippen LogP contribution in [-0.2, 0) is 6.42 Å². The number of carboxylic acids is 1. The molecule has 1 aromatic heterocycles. The van der Waals surface area contributed by atoms with Gasteiger partial charge in [0.05, 0.1) is 12.8 Å². The van der Waals surface area contributed by atoms with E-state index in [-0.39, 0.29) is 24.1 Å². The van der Waals surface area contributed by atoms with Gasteiger partial charge < -0.3 is 19.1 Å². The third kappa shape index (κ3) is 4.87. The van der Waals surface area contributed by atoms with Crippen LogP contribution in [0, 0.1) is 5.92 Å². The number of hydrogen-bond acceptors (Lipinski definition) is 4.